The Bertz CT molecular complexity index is 900. The Labute approximate surface area is 170 Å². The Morgan fingerprint density at radius 2 is 0.733 bits per heavy atom. The summed E-state index contributed by atoms with van der Waals surface area (Å²) in [5, 5.41) is 28.0. The van der Waals surface area contributed by atoms with Crippen molar-refractivity contribution in [3.63, 3.8) is 0 Å². The van der Waals surface area contributed by atoms with Gasteiger partial charge in [0.2, 0.25) is 17.8 Å². The zero-order valence-electron chi connectivity index (χ0n) is 14.8. The molecule has 0 atom stereocenters. The molecule has 0 aliphatic rings. The highest BCUT2D eigenvalue weighted by atomic mass is 32.2. The van der Waals surface area contributed by atoms with E-state index in [1.807, 2.05) is 0 Å². The van der Waals surface area contributed by atoms with Crippen LogP contribution in [0, 0.1) is 0 Å². The molecule has 30 heavy (non-hydrogen) atoms. The van der Waals surface area contributed by atoms with E-state index in [0.29, 0.717) is 14.7 Å². The third-order valence-corrected chi connectivity index (χ3v) is 4.83. The van der Waals surface area contributed by atoms with Gasteiger partial charge in [-0.05, 0) is 0 Å². The maximum atomic E-state index is 11.1. The monoisotopic (exact) mass is 498 g/mol. The van der Waals surface area contributed by atoms with E-state index >= 15 is 0 Å². The Morgan fingerprint density at radius 3 is 0.867 bits per heavy atom. The number of nitrogens with zero attached hydrogens (tertiary/aromatic N) is 6. The van der Waals surface area contributed by atoms with E-state index in [2.05, 4.69) is 15.0 Å². The Morgan fingerprint density at radius 1 is 0.533 bits per heavy atom. The SMILES string of the molecule is O=S(=O)(O)CN(CO)c1nc(N(CO)CS(=O)(=O)O)nc(N(CO)CS(=O)(=O)O)n1. The predicted molar refractivity (Wildman–Crippen MR) is 97.8 cm³/mol. The van der Waals surface area contributed by atoms with Crippen molar-refractivity contribution in [3.8, 4) is 0 Å². The first-order valence-electron chi connectivity index (χ1n) is 7.27. The molecule has 1 heterocycles. The van der Waals surface area contributed by atoms with Crippen LogP contribution in [0.5, 0.6) is 0 Å². The molecule has 1 aromatic rings. The van der Waals surface area contributed by atoms with E-state index in [1.165, 1.54) is 0 Å². The molecule has 0 unspecified atom stereocenters. The lowest BCUT2D eigenvalue weighted by Gasteiger charge is -2.25. The van der Waals surface area contributed by atoms with E-state index in [1.54, 1.807) is 0 Å². The third-order valence-electron chi connectivity index (χ3n) is 2.92. The van der Waals surface area contributed by atoms with Crippen molar-refractivity contribution in [3.05, 3.63) is 0 Å². The fraction of sp³-hybridized carbons (Fsp3) is 0.667. The summed E-state index contributed by atoms with van der Waals surface area (Å²) >= 11 is 0. The Hall–Kier alpha value is -1.98. The summed E-state index contributed by atoms with van der Waals surface area (Å²) in [5.74, 6) is -6.17. The molecule has 0 bridgehead atoms. The van der Waals surface area contributed by atoms with Gasteiger partial charge >= 0.3 is 0 Å². The van der Waals surface area contributed by atoms with Crippen LogP contribution in [0.3, 0.4) is 0 Å². The lowest BCUT2D eigenvalue weighted by molar-refractivity contribution is 0.287. The average Bonchev–Trinajstić information content (AvgIpc) is 2.59. The standard InChI is InChI=1S/C9H18N6O12S3/c16-1-13(4-28(19,20)21)7-10-8(14(2-17)5-29(22,23)24)12-9(11-7)15(3-18)6-30(25,26)27/h16-18H,1-6H2,(H,19,20,21)(H,22,23,24)(H,25,26,27). The number of rotatable bonds is 12. The summed E-state index contributed by atoms with van der Waals surface area (Å²) in [4.78, 5) is 12.0. The molecule has 0 saturated heterocycles. The fourth-order valence-electron chi connectivity index (χ4n) is 1.84. The molecule has 0 spiro atoms. The van der Waals surface area contributed by atoms with E-state index in [4.69, 9.17) is 13.7 Å². The molecule has 21 heteroatoms. The van der Waals surface area contributed by atoms with Gasteiger partial charge in [0.25, 0.3) is 30.4 Å². The highest BCUT2D eigenvalue weighted by Crippen LogP contribution is 2.20. The van der Waals surface area contributed by atoms with Crippen molar-refractivity contribution in [2.75, 3.05) is 52.5 Å². The van der Waals surface area contributed by atoms with E-state index in [0.717, 1.165) is 0 Å². The number of aromatic nitrogens is 3. The molecule has 0 amide bonds. The molecule has 0 aliphatic heterocycles. The summed E-state index contributed by atoms with van der Waals surface area (Å²) < 4.78 is 93.5. The van der Waals surface area contributed by atoms with Crippen LogP contribution in [-0.2, 0) is 30.4 Å². The maximum Gasteiger partial charge on any atom is 0.283 e. The van der Waals surface area contributed by atoms with Gasteiger partial charge in [-0.15, -0.1) is 0 Å². The van der Waals surface area contributed by atoms with Gasteiger partial charge in [-0.3, -0.25) is 13.7 Å². The number of hydrogen-bond acceptors (Lipinski definition) is 15. The third kappa shape index (κ3) is 8.80. The van der Waals surface area contributed by atoms with Crippen molar-refractivity contribution in [2.45, 2.75) is 0 Å². The maximum absolute atomic E-state index is 11.1. The minimum Gasteiger partial charge on any atom is -0.376 e. The Kier molecular flexibility index (Phi) is 8.59. The van der Waals surface area contributed by atoms with Gasteiger partial charge in [0.15, 0.2) is 17.6 Å². The lowest BCUT2D eigenvalue weighted by Crippen LogP contribution is -2.37. The van der Waals surface area contributed by atoms with Crippen LogP contribution in [-0.4, -0.2) is 107 Å². The number of hydrogen-bond donors (Lipinski definition) is 6. The first-order chi connectivity index (χ1) is 13.6. The van der Waals surface area contributed by atoms with Crippen LogP contribution in [0.25, 0.3) is 0 Å². The van der Waals surface area contributed by atoms with E-state index < -0.39 is 86.0 Å². The van der Waals surface area contributed by atoms with Gasteiger partial charge in [0.05, 0.1) is 0 Å². The lowest BCUT2D eigenvalue weighted by atomic mass is 10.6. The first kappa shape index (κ1) is 26.1. The van der Waals surface area contributed by atoms with Gasteiger partial charge in [-0.2, -0.15) is 40.2 Å². The topological polar surface area (TPSA) is 272 Å². The summed E-state index contributed by atoms with van der Waals surface area (Å²) in [5.41, 5.74) is 0. The highest BCUT2D eigenvalue weighted by molar-refractivity contribution is 7.86. The summed E-state index contributed by atoms with van der Waals surface area (Å²) in [6.07, 6.45) is 0. The van der Waals surface area contributed by atoms with Crippen molar-refractivity contribution in [2.24, 2.45) is 0 Å². The summed E-state index contributed by atoms with van der Waals surface area (Å²) in [6.45, 7) is -3.38. The van der Waals surface area contributed by atoms with Gasteiger partial charge in [0, 0.05) is 0 Å². The van der Waals surface area contributed by atoms with Crippen LogP contribution < -0.4 is 14.7 Å². The van der Waals surface area contributed by atoms with E-state index in [9.17, 15) is 40.6 Å². The van der Waals surface area contributed by atoms with Gasteiger partial charge < -0.3 is 30.0 Å². The fourth-order valence-corrected chi connectivity index (χ4v) is 3.62. The van der Waals surface area contributed by atoms with E-state index in [-0.39, 0.29) is 0 Å². The second-order valence-corrected chi connectivity index (χ2v) is 9.68. The molecule has 0 fully saturated rings. The molecule has 0 aliphatic carbocycles. The van der Waals surface area contributed by atoms with Crippen molar-refractivity contribution >= 4 is 48.2 Å². The van der Waals surface area contributed by atoms with Crippen molar-refractivity contribution in [1.29, 1.82) is 0 Å². The molecule has 0 saturated carbocycles. The van der Waals surface area contributed by atoms with Gasteiger partial charge in [-0.25, -0.2) is 0 Å². The average molecular weight is 498 g/mol. The Balaban J connectivity index is 3.63. The van der Waals surface area contributed by atoms with Crippen LogP contribution in [0.15, 0.2) is 0 Å². The second kappa shape index (κ2) is 9.88. The zero-order chi connectivity index (χ0) is 23.3. The van der Waals surface area contributed by atoms with Crippen molar-refractivity contribution < 1.29 is 54.2 Å². The molecule has 1 rings (SSSR count). The van der Waals surface area contributed by atoms with Crippen LogP contribution >= 0.6 is 0 Å². The smallest absolute Gasteiger partial charge is 0.283 e. The highest BCUT2D eigenvalue weighted by Gasteiger charge is 2.25. The number of aliphatic hydroxyl groups excluding tert-OH is 3. The summed E-state index contributed by atoms with van der Waals surface area (Å²) in [7, 11) is -14.3. The largest absolute Gasteiger partial charge is 0.376 e. The quantitative estimate of drug-likeness (QED) is 0.117. The van der Waals surface area contributed by atoms with Gasteiger partial charge in [0.1, 0.15) is 20.2 Å². The second-order valence-electron chi connectivity index (χ2n) is 5.41. The number of anilines is 3. The molecule has 0 radical (unpaired) electrons. The summed E-state index contributed by atoms with van der Waals surface area (Å²) in [6, 6.07) is 0. The molecule has 174 valence electrons. The minimum atomic E-state index is -4.75. The normalized spacial score (nSPS) is 12.6. The molecule has 6 N–H and O–H groups in total. The molecular weight excluding hydrogens is 480 g/mol. The predicted octanol–water partition coefficient (Wildman–Crippen LogP) is -4.32. The first-order valence-corrected chi connectivity index (χ1v) is 12.1. The zero-order valence-corrected chi connectivity index (χ0v) is 17.2. The molecule has 18 nitrogen and oxygen atoms in total. The molecule has 0 aromatic carbocycles. The van der Waals surface area contributed by atoms with Gasteiger partial charge in [-0.1, -0.05) is 0 Å². The van der Waals surface area contributed by atoms with Crippen LogP contribution in [0.4, 0.5) is 17.8 Å². The molecule has 1 aromatic heterocycles. The van der Waals surface area contributed by atoms with Crippen LogP contribution in [0.1, 0.15) is 0 Å². The van der Waals surface area contributed by atoms with Crippen molar-refractivity contribution in [1.82, 2.24) is 15.0 Å². The number of aliphatic hydroxyl groups is 3. The minimum absolute atomic E-state index is 0.413. The molecular formula is C9H18N6O12S3. The van der Waals surface area contributed by atoms with Crippen LogP contribution in [0.2, 0.25) is 0 Å².